The summed E-state index contributed by atoms with van der Waals surface area (Å²) in [5.41, 5.74) is 2.05. The van der Waals surface area contributed by atoms with Crippen molar-refractivity contribution in [3.8, 4) is 11.5 Å². The molecule has 2 rings (SSSR count). The summed E-state index contributed by atoms with van der Waals surface area (Å²) < 4.78 is 10.6. The van der Waals surface area contributed by atoms with Crippen LogP contribution in [-0.2, 0) is 6.42 Å². The fraction of sp³-hybridized carbons (Fsp3) is 0.312. The lowest BCUT2D eigenvalue weighted by molar-refractivity contribution is 0.354. The summed E-state index contributed by atoms with van der Waals surface area (Å²) in [6.45, 7) is 2.12. The summed E-state index contributed by atoms with van der Waals surface area (Å²) in [7, 11) is 3.25. The zero-order valence-corrected chi connectivity index (χ0v) is 13.7. The number of rotatable bonds is 5. The molecule has 21 heavy (non-hydrogen) atoms. The SMILES string of the molecule is COc1ccc([C@@H](C)Cc2c(Cl)cncc2Cl)cc1OC. The Morgan fingerprint density at radius 1 is 1.05 bits per heavy atom. The van der Waals surface area contributed by atoms with Gasteiger partial charge in [0.1, 0.15) is 0 Å². The average Bonchev–Trinajstić information content (AvgIpc) is 2.50. The predicted octanol–water partition coefficient (Wildman–Crippen LogP) is 4.75. The summed E-state index contributed by atoms with van der Waals surface area (Å²) in [6, 6.07) is 5.90. The molecule has 0 N–H and O–H groups in total. The number of benzene rings is 1. The molecule has 0 spiro atoms. The van der Waals surface area contributed by atoms with Gasteiger partial charge in [0, 0.05) is 12.4 Å². The number of hydrogen-bond donors (Lipinski definition) is 0. The van der Waals surface area contributed by atoms with Crippen LogP contribution in [0.1, 0.15) is 24.0 Å². The number of hydrogen-bond acceptors (Lipinski definition) is 3. The molecule has 0 saturated carbocycles. The molecule has 0 saturated heterocycles. The highest BCUT2D eigenvalue weighted by atomic mass is 35.5. The lowest BCUT2D eigenvalue weighted by atomic mass is 9.94. The van der Waals surface area contributed by atoms with Gasteiger partial charge in [-0.25, -0.2) is 0 Å². The standard InChI is InChI=1S/C16H17Cl2NO2/c1-10(6-12-13(17)8-19-9-14(12)18)11-4-5-15(20-2)16(7-11)21-3/h4-5,7-10H,6H2,1-3H3/t10-/m0/s1. The van der Waals surface area contributed by atoms with Gasteiger partial charge in [-0.3, -0.25) is 4.98 Å². The molecule has 1 atom stereocenters. The minimum Gasteiger partial charge on any atom is -0.493 e. The van der Waals surface area contributed by atoms with E-state index in [1.807, 2.05) is 18.2 Å². The predicted molar refractivity (Wildman–Crippen MR) is 85.9 cm³/mol. The summed E-state index contributed by atoms with van der Waals surface area (Å²) in [4.78, 5) is 3.97. The van der Waals surface area contributed by atoms with Gasteiger partial charge in [0.25, 0.3) is 0 Å². The Morgan fingerprint density at radius 3 is 2.24 bits per heavy atom. The maximum Gasteiger partial charge on any atom is 0.160 e. The van der Waals surface area contributed by atoms with Crippen LogP contribution in [0.4, 0.5) is 0 Å². The van der Waals surface area contributed by atoms with Crippen molar-refractivity contribution in [3.05, 3.63) is 51.8 Å². The number of nitrogens with zero attached hydrogens (tertiary/aromatic N) is 1. The molecular formula is C16H17Cl2NO2. The highest BCUT2D eigenvalue weighted by molar-refractivity contribution is 6.35. The Bertz CT molecular complexity index is 611. The number of pyridine rings is 1. The van der Waals surface area contributed by atoms with Crippen LogP contribution in [0.5, 0.6) is 11.5 Å². The number of methoxy groups -OCH3 is 2. The molecule has 0 unspecified atom stereocenters. The number of halogens is 2. The van der Waals surface area contributed by atoms with Gasteiger partial charge in [-0.05, 0) is 35.6 Å². The van der Waals surface area contributed by atoms with Crippen molar-refractivity contribution in [2.45, 2.75) is 19.3 Å². The monoisotopic (exact) mass is 325 g/mol. The molecule has 0 aliphatic rings. The quantitative estimate of drug-likeness (QED) is 0.794. The molecule has 1 aromatic carbocycles. The first kappa shape index (κ1) is 15.9. The topological polar surface area (TPSA) is 31.4 Å². The highest BCUT2D eigenvalue weighted by Gasteiger charge is 2.14. The van der Waals surface area contributed by atoms with E-state index in [1.54, 1.807) is 26.6 Å². The number of ether oxygens (including phenoxy) is 2. The van der Waals surface area contributed by atoms with E-state index in [0.29, 0.717) is 21.5 Å². The Morgan fingerprint density at radius 2 is 1.67 bits per heavy atom. The van der Waals surface area contributed by atoms with Gasteiger partial charge in [0.2, 0.25) is 0 Å². The van der Waals surface area contributed by atoms with E-state index in [-0.39, 0.29) is 5.92 Å². The van der Waals surface area contributed by atoms with E-state index in [9.17, 15) is 0 Å². The van der Waals surface area contributed by atoms with Gasteiger partial charge in [-0.15, -0.1) is 0 Å². The first-order chi connectivity index (χ1) is 10.1. The molecule has 5 heteroatoms. The van der Waals surface area contributed by atoms with E-state index in [0.717, 1.165) is 17.5 Å². The third-order valence-electron chi connectivity index (χ3n) is 3.44. The minimum atomic E-state index is 0.238. The Hall–Kier alpha value is -1.45. The Labute approximate surface area is 134 Å². The van der Waals surface area contributed by atoms with Gasteiger partial charge in [0.05, 0.1) is 24.3 Å². The van der Waals surface area contributed by atoms with Crippen molar-refractivity contribution in [2.24, 2.45) is 0 Å². The molecule has 0 bridgehead atoms. The van der Waals surface area contributed by atoms with Crippen molar-refractivity contribution >= 4 is 23.2 Å². The maximum atomic E-state index is 6.18. The fourth-order valence-corrected chi connectivity index (χ4v) is 2.74. The third-order valence-corrected chi connectivity index (χ3v) is 4.09. The van der Waals surface area contributed by atoms with E-state index >= 15 is 0 Å². The molecular weight excluding hydrogens is 309 g/mol. The van der Waals surface area contributed by atoms with Gasteiger partial charge in [-0.2, -0.15) is 0 Å². The largest absolute Gasteiger partial charge is 0.493 e. The van der Waals surface area contributed by atoms with E-state index < -0.39 is 0 Å². The molecule has 112 valence electrons. The van der Waals surface area contributed by atoms with Crippen molar-refractivity contribution in [1.29, 1.82) is 0 Å². The minimum absolute atomic E-state index is 0.238. The Balaban J connectivity index is 2.26. The molecule has 0 amide bonds. The molecule has 0 fully saturated rings. The lowest BCUT2D eigenvalue weighted by Gasteiger charge is -2.16. The molecule has 0 aliphatic carbocycles. The summed E-state index contributed by atoms with van der Waals surface area (Å²) in [5.74, 6) is 1.67. The Kier molecular flexibility index (Phi) is 5.32. The molecule has 1 aromatic heterocycles. The zero-order valence-electron chi connectivity index (χ0n) is 12.2. The molecule has 0 aliphatic heterocycles. The van der Waals surface area contributed by atoms with Crippen LogP contribution in [0.2, 0.25) is 10.0 Å². The molecule has 3 nitrogen and oxygen atoms in total. The normalized spacial score (nSPS) is 12.0. The van der Waals surface area contributed by atoms with Crippen LogP contribution >= 0.6 is 23.2 Å². The van der Waals surface area contributed by atoms with Gasteiger partial charge < -0.3 is 9.47 Å². The number of aromatic nitrogens is 1. The first-order valence-corrected chi connectivity index (χ1v) is 7.32. The van der Waals surface area contributed by atoms with Crippen molar-refractivity contribution < 1.29 is 9.47 Å². The molecule has 1 heterocycles. The second-order valence-corrected chi connectivity index (χ2v) is 5.62. The van der Waals surface area contributed by atoms with Gasteiger partial charge >= 0.3 is 0 Å². The molecule has 0 radical (unpaired) electrons. The third kappa shape index (κ3) is 3.60. The van der Waals surface area contributed by atoms with Crippen LogP contribution in [-0.4, -0.2) is 19.2 Å². The van der Waals surface area contributed by atoms with Crippen LogP contribution in [0.15, 0.2) is 30.6 Å². The maximum absolute atomic E-state index is 6.18. The van der Waals surface area contributed by atoms with Crippen LogP contribution < -0.4 is 9.47 Å². The van der Waals surface area contributed by atoms with E-state index in [2.05, 4.69) is 11.9 Å². The lowest BCUT2D eigenvalue weighted by Crippen LogP contribution is -2.01. The van der Waals surface area contributed by atoms with Crippen molar-refractivity contribution in [2.75, 3.05) is 14.2 Å². The van der Waals surface area contributed by atoms with Crippen LogP contribution in [0.3, 0.4) is 0 Å². The first-order valence-electron chi connectivity index (χ1n) is 6.56. The van der Waals surface area contributed by atoms with Crippen LogP contribution in [0.25, 0.3) is 0 Å². The summed E-state index contributed by atoms with van der Waals surface area (Å²) >= 11 is 12.4. The summed E-state index contributed by atoms with van der Waals surface area (Å²) in [5, 5.41) is 1.18. The van der Waals surface area contributed by atoms with Gasteiger partial charge in [-0.1, -0.05) is 36.2 Å². The van der Waals surface area contributed by atoms with Crippen molar-refractivity contribution in [3.63, 3.8) is 0 Å². The van der Waals surface area contributed by atoms with Gasteiger partial charge in [0.15, 0.2) is 11.5 Å². The summed E-state index contributed by atoms with van der Waals surface area (Å²) in [6.07, 6.45) is 3.96. The van der Waals surface area contributed by atoms with E-state index in [1.165, 1.54) is 0 Å². The fourth-order valence-electron chi connectivity index (χ4n) is 2.22. The average molecular weight is 326 g/mol. The second kappa shape index (κ2) is 7.01. The molecule has 2 aromatic rings. The van der Waals surface area contributed by atoms with Crippen LogP contribution in [0, 0.1) is 0 Å². The zero-order chi connectivity index (χ0) is 15.4. The second-order valence-electron chi connectivity index (χ2n) is 4.80. The highest BCUT2D eigenvalue weighted by Crippen LogP contribution is 2.34. The van der Waals surface area contributed by atoms with Crippen molar-refractivity contribution in [1.82, 2.24) is 4.98 Å². The van der Waals surface area contributed by atoms with E-state index in [4.69, 9.17) is 32.7 Å². The smallest absolute Gasteiger partial charge is 0.160 e.